The van der Waals surface area contributed by atoms with Gasteiger partial charge in [-0.05, 0) is 19.8 Å². The average Bonchev–Trinajstić information content (AvgIpc) is 2.39. The van der Waals surface area contributed by atoms with E-state index in [1.54, 1.807) is 4.90 Å². The summed E-state index contributed by atoms with van der Waals surface area (Å²) in [6, 6.07) is 0. The molecule has 98 valence electrons. The Bertz CT molecular complexity index is 420. The molecule has 0 radical (unpaired) electrons. The molecule has 0 bridgehead atoms. The van der Waals surface area contributed by atoms with Crippen LogP contribution in [-0.4, -0.2) is 46.6 Å². The van der Waals surface area contributed by atoms with Crippen LogP contribution in [0.4, 0.5) is 0 Å². The molecule has 0 unspecified atom stereocenters. The van der Waals surface area contributed by atoms with Crippen LogP contribution in [0.15, 0.2) is 12.4 Å². The molecule has 1 fully saturated rings. The van der Waals surface area contributed by atoms with Gasteiger partial charge in [0.1, 0.15) is 10.8 Å². The molecule has 0 atom stereocenters. The van der Waals surface area contributed by atoms with E-state index in [1.807, 2.05) is 6.92 Å². The van der Waals surface area contributed by atoms with Crippen LogP contribution in [0.5, 0.6) is 0 Å². The van der Waals surface area contributed by atoms with Crippen LogP contribution in [0.1, 0.15) is 30.3 Å². The Morgan fingerprint density at radius 3 is 2.83 bits per heavy atom. The summed E-state index contributed by atoms with van der Waals surface area (Å²) in [5.74, 6) is -0.111. The molecule has 0 aliphatic carbocycles. The first-order chi connectivity index (χ1) is 8.70. The molecule has 1 aliphatic heterocycles. The molecule has 1 aromatic rings. The standard InChI is InChI=1S/C12H16ClN3O2/c1-2-18-9-3-5-16(6-4-9)12(17)10-7-14-8-11(13)15-10/h7-9H,2-6H2,1H3. The second-order valence-electron chi connectivity index (χ2n) is 4.17. The van der Waals surface area contributed by atoms with Gasteiger partial charge in [-0.2, -0.15) is 0 Å². The maximum atomic E-state index is 12.1. The first-order valence-corrected chi connectivity index (χ1v) is 6.47. The number of nitrogens with zero attached hydrogens (tertiary/aromatic N) is 3. The average molecular weight is 270 g/mol. The van der Waals surface area contributed by atoms with Crippen molar-refractivity contribution in [3.63, 3.8) is 0 Å². The fourth-order valence-electron chi connectivity index (χ4n) is 2.07. The lowest BCUT2D eigenvalue weighted by Gasteiger charge is -2.31. The van der Waals surface area contributed by atoms with E-state index in [0.29, 0.717) is 18.8 Å². The number of rotatable bonds is 3. The van der Waals surface area contributed by atoms with Crippen LogP contribution < -0.4 is 0 Å². The largest absolute Gasteiger partial charge is 0.378 e. The minimum absolute atomic E-state index is 0.111. The lowest BCUT2D eigenvalue weighted by molar-refractivity contribution is 0.0144. The zero-order valence-corrected chi connectivity index (χ0v) is 11.1. The second kappa shape index (κ2) is 6.11. The van der Waals surface area contributed by atoms with Gasteiger partial charge in [0.25, 0.3) is 5.91 Å². The Morgan fingerprint density at radius 2 is 2.22 bits per heavy atom. The van der Waals surface area contributed by atoms with Crippen molar-refractivity contribution in [2.75, 3.05) is 19.7 Å². The van der Waals surface area contributed by atoms with Crippen molar-refractivity contribution in [2.24, 2.45) is 0 Å². The molecule has 1 saturated heterocycles. The predicted molar refractivity (Wildman–Crippen MR) is 67.6 cm³/mol. The number of carbonyl (C=O) groups is 1. The normalized spacial score (nSPS) is 16.9. The number of amides is 1. The lowest BCUT2D eigenvalue weighted by atomic mass is 10.1. The summed E-state index contributed by atoms with van der Waals surface area (Å²) in [5.41, 5.74) is 0.303. The smallest absolute Gasteiger partial charge is 0.274 e. The quantitative estimate of drug-likeness (QED) is 0.839. The molecule has 5 nitrogen and oxygen atoms in total. The van der Waals surface area contributed by atoms with Gasteiger partial charge >= 0.3 is 0 Å². The third-order valence-electron chi connectivity index (χ3n) is 2.96. The molecule has 2 rings (SSSR count). The van der Waals surface area contributed by atoms with Crippen molar-refractivity contribution in [1.82, 2.24) is 14.9 Å². The molecule has 6 heteroatoms. The Hall–Kier alpha value is -1.20. The Morgan fingerprint density at radius 1 is 1.50 bits per heavy atom. The van der Waals surface area contributed by atoms with Crippen LogP contribution in [0.25, 0.3) is 0 Å². The number of hydrogen-bond acceptors (Lipinski definition) is 4. The second-order valence-corrected chi connectivity index (χ2v) is 4.56. The number of carbonyl (C=O) groups excluding carboxylic acids is 1. The van der Waals surface area contributed by atoms with E-state index in [4.69, 9.17) is 16.3 Å². The highest BCUT2D eigenvalue weighted by Crippen LogP contribution is 2.16. The van der Waals surface area contributed by atoms with Crippen molar-refractivity contribution in [3.8, 4) is 0 Å². The van der Waals surface area contributed by atoms with Crippen molar-refractivity contribution in [3.05, 3.63) is 23.2 Å². The molecular weight excluding hydrogens is 254 g/mol. The van der Waals surface area contributed by atoms with Gasteiger partial charge in [-0.1, -0.05) is 11.6 Å². The number of piperidine rings is 1. The molecule has 1 aliphatic rings. The summed E-state index contributed by atoms with van der Waals surface area (Å²) in [6.07, 6.45) is 4.87. The highest BCUT2D eigenvalue weighted by Gasteiger charge is 2.24. The first kappa shape index (κ1) is 13.2. The summed E-state index contributed by atoms with van der Waals surface area (Å²) in [7, 11) is 0. The van der Waals surface area contributed by atoms with Crippen LogP contribution in [0, 0.1) is 0 Å². The molecule has 1 aromatic heterocycles. The maximum Gasteiger partial charge on any atom is 0.274 e. The number of aromatic nitrogens is 2. The highest BCUT2D eigenvalue weighted by atomic mass is 35.5. The van der Waals surface area contributed by atoms with Crippen molar-refractivity contribution >= 4 is 17.5 Å². The molecule has 2 heterocycles. The van der Waals surface area contributed by atoms with E-state index in [-0.39, 0.29) is 17.2 Å². The Labute approximate surface area is 111 Å². The third-order valence-corrected chi connectivity index (χ3v) is 3.14. The van der Waals surface area contributed by atoms with E-state index in [1.165, 1.54) is 12.4 Å². The van der Waals surface area contributed by atoms with Crippen LogP contribution in [0.3, 0.4) is 0 Å². The molecule has 18 heavy (non-hydrogen) atoms. The predicted octanol–water partition coefficient (Wildman–Crippen LogP) is 1.77. The Balaban J connectivity index is 1.95. The summed E-state index contributed by atoms with van der Waals surface area (Å²) < 4.78 is 5.55. The zero-order valence-electron chi connectivity index (χ0n) is 10.3. The maximum absolute atomic E-state index is 12.1. The Kier molecular flexibility index (Phi) is 4.49. The third kappa shape index (κ3) is 3.17. The lowest BCUT2D eigenvalue weighted by Crippen LogP contribution is -2.41. The van der Waals surface area contributed by atoms with Crippen LogP contribution >= 0.6 is 11.6 Å². The zero-order chi connectivity index (χ0) is 13.0. The topological polar surface area (TPSA) is 55.3 Å². The van der Waals surface area contributed by atoms with Gasteiger partial charge in [-0.3, -0.25) is 9.78 Å². The monoisotopic (exact) mass is 269 g/mol. The van der Waals surface area contributed by atoms with Gasteiger partial charge < -0.3 is 9.64 Å². The van der Waals surface area contributed by atoms with Gasteiger partial charge in [-0.15, -0.1) is 0 Å². The van der Waals surface area contributed by atoms with Crippen molar-refractivity contribution in [2.45, 2.75) is 25.9 Å². The van der Waals surface area contributed by atoms with Crippen LogP contribution in [0.2, 0.25) is 5.15 Å². The minimum Gasteiger partial charge on any atom is -0.378 e. The van der Waals surface area contributed by atoms with Gasteiger partial charge in [0.05, 0.1) is 18.5 Å². The first-order valence-electron chi connectivity index (χ1n) is 6.09. The number of hydrogen-bond donors (Lipinski definition) is 0. The number of likely N-dealkylation sites (tertiary alicyclic amines) is 1. The van der Waals surface area contributed by atoms with Crippen molar-refractivity contribution in [1.29, 1.82) is 0 Å². The SMILES string of the molecule is CCOC1CCN(C(=O)c2cncc(Cl)n2)CC1. The van der Waals surface area contributed by atoms with Gasteiger partial charge in [0.15, 0.2) is 0 Å². The fraction of sp³-hybridized carbons (Fsp3) is 0.583. The van der Waals surface area contributed by atoms with Crippen LogP contribution in [-0.2, 0) is 4.74 Å². The highest BCUT2D eigenvalue weighted by molar-refractivity contribution is 6.29. The molecular formula is C12H16ClN3O2. The van der Waals surface area contributed by atoms with E-state index < -0.39 is 0 Å². The molecule has 0 N–H and O–H groups in total. The number of ether oxygens (including phenoxy) is 1. The molecule has 0 aromatic carbocycles. The van der Waals surface area contributed by atoms with E-state index in [0.717, 1.165) is 19.4 Å². The van der Waals surface area contributed by atoms with E-state index in [9.17, 15) is 4.79 Å². The molecule has 0 saturated carbocycles. The molecule has 0 spiro atoms. The van der Waals surface area contributed by atoms with Gasteiger partial charge in [0.2, 0.25) is 0 Å². The summed E-state index contributed by atoms with van der Waals surface area (Å²) in [6.45, 7) is 4.09. The van der Waals surface area contributed by atoms with Crippen molar-refractivity contribution < 1.29 is 9.53 Å². The summed E-state index contributed by atoms with van der Waals surface area (Å²) >= 11 is 5.73. The minimum atomic E-state index is -0.111. The van der Waals surface area contributed by atoms with Gasteiger partial charge in [-0.25, -0.2) is 4.98 Å². The number of halogens is 1. The summed E-state index contributed by atoms with van der Waals surface area (Å²) in [5, 5.41) is 0.241. The van der Waals surface area contributed by atoms with Gasteiger partial charge in [0, 0.05) is 19.7 Å². The van der Waals surface area contributed by atoms with E-state index in [2.05, 4.69) is 9.97 Å². The summed E-state index contributed by atoms with van der Waals surface area (Å²) in [4.78, 5) is 21.8. The fourth-order valence-corrected chi connectivity index (χ4v) is 2.22. The molecule has 1 amide bonds. The van der Waals surface area contributed by atoms with E-state index >= 15 is 0 Å².